The predicted molar refractivity (Wildman–Crippen MR) is 79.2 cm³/mol. The molecule has 0 bridgehead atoms. The number of hydrogen-bond acceptors (Lipinski definition) is 4. The fourth-order valence-corrected chi connectivity index (χ4v) is 3.27. The van der Waals surface area contributed by atoms with Crippen LogP contribution in [0.2, 0.25) is 0 Å². The summed E-state index contributed by atoms with van der Waals surface area (Å²) in [4.78, 5) is 2.44. The standard InChI is InChI=1S/C15H31N3O/c1-14(2,13-4-6-18(3)7-5-13)9-17-10-15(8-16)11-19-12-15/h13,17H,4-12,16H2,1-3H3. The van der Waals surface area contributed by atoms with Gasteiger partial charge in [0, 0.05) is 25.0 Å². The number of nitrogens with one attached hydrogen (secondary N) is 1. The number of rotatable bonds is 6. The van der Waals surface area contributed by atoms with E-state index in [-0.39, 0.29) is 5.41 Å². The Hall–Kier alpha value is -0.160. The Bertz CT molecular complexity index is 276. The number of nitrogens with zero attached hydrogens (tertiary/aromatic N) is 1. The van der Waals surface area contributed by atoms with E-state index < -0.39 is 0 Å². The van der Waals surface area contributed by atoms with Crippen molar-refractivity contribution in [2.75, 3.05) is 53.0 Å². The van der Waals surface area contributed by atoms with Crippen LogP contribution in [0.3, 0.4) is 0 Å². The summed E-state index contributed by atoms with van der Waals surface area (Å²) in [6.45, 7) is 11.8. The number of piperidine rings is 1. The Balaban J connectivity index is 1.74. The summed E-state index contributed by atoms with van der Waals surface area (Å²) < 4.78 is 5.31. The SMILES string of the molecule is CN1CCC(C(C)(C)CNCC2(CN)COC2)CC1. The highest BCUT2D eigenvalue weighted by molar-refractivity contribution is 4.90. The highest BCUT2D eigenvalue weighted by atomic mass is 16.5. The fourth-order valence-electron chi connectivity index (χ4n) is 3.27. The molecule has 0 saturated carbocycles. The fraction of sp³-hybridized carbons (Fsp3) is 1.00. The van der Waals surface area contributed by atoms with Gasteiger partial charge in [0.15, 0.2) is 0 Å². The number of ether oxygens (including phenoxy) is 1. The maximum atomic E-state index is 5.85. The molecule has 0 aromatic carbocycles. The largest absolute Gasteiger partial charge is 0.380 e. The molecule has 2 saturated heterocycles. The van der Waals surface area contributed by atoms with Gasteiger partial charge in [-0.05, 0) is 44.3 Å². The summed E-state index contributed by atoms with van der Waals surface area (Å²) in [6.07, 6.45) is 2.66. The summed E-state index contributed by atoms with van der Waals surface area (Å²) in [7, 11) is 2.23. The minimum Gasteiger partial charge on any atom is -0.380 e. The number of nitrogens with two attached hydrogens (primary N) is 1. The average molecular weight is 269 g/mol. The molecule has 0 aromatic heterocycles. The molecule has 0 aromatic rings. The summed E-state index contributed by atoms with van der Waals surface area (Å²) in [5.74, 6) is 0.836. The molecule has 2 fully saturated rings. The lowest BCUT2D eigenvalue weighted by Crippen LogP contribution is -2.55. The first kappa shape index (κ1) is 15.2. The summed E-state index contributed by atoms with van der Waals surface area (Å²) in [5.41, 5.74) is 6.44. The summed E-state index contributed by atoms with van der Waals surface area (Å²) >= 11 is 0. The van der Waals surface area contributed by atoms with Crippen LogP contribution < -0.4 is 11.1 Å². The van der Waals surface area contributed by atoms with E-state index in [2.05, 4.69) is 31.1 Å². The molecule has 4 heteroatoms. The van der Waals surface area contributed by atoms with Crippen molar-refractivity contribution in [3.63, 3.8) is 0 Å². The molecule has 0 amide bonds. The minimum atomic E-state index is 0.211. The quantitative estimate of drug-likeness (QED) is 0.753. The zero-order chi connectivity index (χ0) is 13.9. The van der Waals surface area contributed by atoms with Gasteiger partial charge in [0.2, 0.25) is 0 Å². The lowest BCUT2D eigenvalue weighted by atomic mass is 9.73. The smallest absolute Gasteiger partial charge is 0.0569 e. The minimum absolute atomic E-state index is 0.211. The number of hydrogen-bond donors (Lipinski definition) is 2. The zero-order valence-electron chi connectivity index (χ0n) is 12.9. The maximum absolute atomic E-state index is 5.85. The van der Waals surface area contributed by atoms with E-state index in [4.69, 9.17) is 10.5 Å². The van der Waals surface area contributed by atoms with E-state index in [0.29, 0.717) is 5.41 Å². The third-order valence-electron chi connectivity index (χ3n) is 5.15. The topological polar surface area (TPSA) is 50.5 Å². The Morgan fingerprint density at radius 2 is 1.95 bits per heavy atom. The van der Waals surface area contributed by atoms with Crippen LogP contribution in [0, 0.1) is 16.7 Å². The van der Waals surface area contributed by atoms with Gasteiger partial charge >= 0.3 is 0 Å². The molecule has 2 rings (SSSR count). The third-order valence-corrected chi connectivity index (χ3v) is 5.15. The number of likely N-dealkylation sites (tertiary alicyclic amines) is 1. The normalized spacial score (nSPS) is 25.3. The van der Waals surface area contributed by atoms with Crippen molar-refractivity contribution in [3.05, 3.63) is 0 Å². The molecule has 0 aliphatic carbocycles. The summed E-state index contributed by atoms with van der Waals surface area (Å²) in [6, 6.07) is 0. The lowest BCUT2D eigenvalue weighted by Gasteiger charge is -2.43. The molecule has 4 nitrogen and oxygen atoms in total. The van der Waals surface area contributed by atoms with E-state index in [1.165, 1.54) is 25.9 Å². The summed E-state index contributed by atoms with van der Waals surface area (Å²) in [5, 5.41) is 3.65. The first-order chi connectivity index (χ1) is 8.97. The Kier molecular flexibility index (Phi) is 4.88. The molecule has 0 spiro atoms. The zero-order valence-corrected chi connectivity index (χ0v) is 12.9. The molecule has 0 unspecified atom stereocenters. The highest BCUT2D eigenvalue weighted by Gasteiger charge is 2.38. The van der Waals surface area contributed by atoms with Gasteiger partial charge < -0.3 is 20.7 Å². The third kappa shape index (κ3) is 3.69. The monoisotopic (exact) mass is 269 g/mol. The van der Waals surface area contributed by atoms with Crippen LogP contribution in [0.1, 0.15) is 26.7 Å². The second-order valence-electron chi connectivity index (χ2n) is 7.37. The van der Waals surface area contributed by atoms with Crippen LogP contribution in [0.25, 0.3) is 0 Å². The van der Waals surface area contributed by atoms with Gasteiger partial charge in [-0.15, -0.1) is 0 Å². The van der Waals surface area contributed by atoms with Crippen molar-refractivity contribution in [1.82, 2.24) is 10.2 Å². The molecule has 2 aliphatic heterocycles. The van der Waals surface area contributed by atoms with Crippen molar-refractivity contribution in [3.8, 4) is 0 Å². The molecule has 3 N–H and O–H groups in total. The first-order valence-electron chi connectivity index (χ1n) is 7.65. The van der Waals surface area contributed by atoms with E-state index in [0.717, 1.165) is 38.8 Å². The van der Waals surface area contributed by atoms with Crippen molar-refractivity contribution >= 4 is 0 Å². The van der Waals surface area contributed by atoms with Gasteiger partial charge in [-0.3, -0.25) is 0 Å². The molecule has 2 aliphatic rings. The molecular formula is C15H31N3O. The Morgan fingerprint density at radius 1 is 1.32 bits per heavy atom. The van der Waals surface area contributed by atoms with Gasteiger partial charge in [-0.25, -0.2) is 0 Å². The molecular weight excluding hydrogens is 238 g/mol. The average Bonchev–Trinajstić information content (AvgIpc) is 2.33. The first-order valence-corrected chi connectivity index (χ1v) is 7.65. The van der Waals surface area contributed by atoms with E-state index >= 15 is 0 Å². The van der Waals surface area contributed by atoms with Gasteiger partial charge in [0.25, 0.3) is 0 Å². The van der Waals surface area contributed by atoms with Gasteiger partial charge in [0.05, 0.1) is 13.2 Å². The van der Waals surface area contributed by atoms with Crippen molar-refractivity contribution in [2.24, 2.45) is 22.5 Å². The molecule has 0 radical (unpaired) electrons. The molecule has 19 heavy (non-hydrogen) atoms. The van der Waals surface area contributed by atoms with E-state index in [9.17, 15) is 0 Å². The van der Waals surface area contributed by atoms with Gasteiger partial charge in [-0.1, -0.05) is 13.8 Å². The van der Waals surface area contributed by atoms with Crippen molar-refractivity contribution < 1.29 is 4.74 Å². The Morgan fingerprint density at radius 3 is 2.42 bits per heavy atom. The second kappa shape index (κ2) is 6.08. The van der Waals surface area contributed by atoms with Crippen LogP contribution >= 0.6 is 0 Å². The lowest BCUT2D eigenvalue weighted by molar-refractivity contribution is -0.105. The van der Waals surface area contributed by atoms with Crippen LogP contribution in [0.5, 0.6) is 0 Å². The van der Waals surface area contributed by atoms with Gasteiger partial charge in [0.1, 0.15) is 0 Å². The molecule has 0 atom stereocenters. The van der Waals surface area contributed by atoms with E-state index in [1.54, 1.807) is 0 Å². The van der Waals surface area contributed by atoms with Crippen LogP contribution in [0.15, 0.2) is 0 Å². The van der Waals surface area contributed by atoms with Crippen molar-refractivity contribution in [1.29, 1.82) is 0 Å². The van der Waals surface area contributed by atoms with Crippen LogP contribution in [-0.2, 0) is 4.74 Å². The van der Waals surface area contributed by atoms with Crippen molar-refractivity contribution in [2.45, 2.75) is 26.7 Å². The Labute approximate surface area is 118 Å². The van der Waals surface area contributed by atoms with Gasteiger partial charge in [-0.2, -0.15) is 0 Å². The highest BCUT2D eigenvalue weighted by Crippen LogP contribution is 2.34. The van der Waals surface area contributed by atoms with Crippen LogP contribution in [0.4, 0.5) is 0 Å². The maximum Gasteiger partial charge on any atom is 0.0569 e. The second-order valence-corrected chi connectivity index (χ2v) is 7.37. The molecule has 2 heterocycles. The van der Waals surface area contributed by atoms with Crippen LogP contribution in [-0.4, -0.2) is 57.9 Å². The van der Waals surface area contributed by atoms with E-state index in [1.807, 2.05) is 0 Å². The molecule has 112 valence electrons. The predicted octanol–water partition coefficient (Wildman–Crippen LogP) is 0.919.